The van der Waals surface area contributed by atoms with E-state index in [9.17, 15) is 0 Å². The zero-order valence-corrected chi connectivity index (χ0v) is 14.9. The molecule has 0 unspecified atom stereocenters. The lowest BCUT2D eigenvalue weighted by Gasteiger charge is -2.33. The molecule has 1 fully saturated rings. The quantitative estimate of drug-likeness (QED) is 0.759. The van der Waals surface area contributed by atoms with Crippen LogP contribution in [-0.2, 0) is 6.54 Å². The predicted molar refractivity (Wildman–Crippen MR) is 100 cm³/mol. The van der Waals surface area contributed by atoms with E-state index >= 15 is 0 Å². The normalized spacial score (nSPS) is 15.5. The summed E-state index contributed by atoms with van der Waals surface area (Å²) >= 11 is 0. The number of piperazine rings is 1. The van der Waals surface area contributed by atoms with Gasteiger partial charge in [0.05, 0.1) is 20.4 Å². The van der Waals surface area contributed by atoms with E-state index in [0.29, 0.717) is 0 Å². The number of rotatable bonds is 6. The Labute approximate surface area is 149 Å². The van der Waals surface area contributed by atoms with Crippen LogP contribution >= 0.6 is 0 Å². The molecule has 1 aliphatic rings. The van der Waals surface area contributed by atoms with Crippen LogP contribution in [0.15, 0.2) is 53.6 Å². The van der Waals surface area contributed by atoms with Gasteiger partial charge in [-0.1, -0.05) is 30.3 Å². The van der Waals surface area contributed by atoms with Crippen molar-refractivity contribution in [3.8, 4) is 11.5 Å². The molecule has 25 heavy (non-hydrogen) atoms. The Balaban J connectivity index is 1.52. The van der Waals surface area contributed by atoms with Gasteiger partial charge in [-0.15, -0.1) is 0 Å². The molecule has 1 saturated heterocycles. The van der Waals surface area contributed by atoms with E-state index in [1.807, 2.05) is 24.4 Å². The van der Waals surface area contributed by atoms with Crippen LogP contribution in [0.1, 0.15) is 11.1 Å². The summed E-state index contributed by atoms with van der Waals surface area (Å²) < 4.78 is 10.6. The highest BCUT2D eigenvalue weighted by Crippen LogP contribution is 2.26. The fraction of sp³-hybridized carbons (Fsp3) is 0.350. The smallest absolute Gasteiger partial charge is 0.161 e. The molecule has 0 atom stereocenters. The van der Waals surface area contributed by atoms with E-state index in [4.69, 9.17) is 9.47 Å². The fourth-order valence-electron chi connectivity index (χ4n) is 2.93. The number of nitrogens with zero attached hydrogens (tertiary/aromatic N) is 3. The molecular formula is C20H25N3O2. The molecular weight excluding hydrogens is 314 g/mol. The van der Waals surface area contributed by atoms with Crippen LogP contribution in [0.25, 0.3) is 0 Å². The molecule has 5 heteroatoms. The third kappa shape index (κ3) is 4.73. The minimum atomic E-state index is 0.721. The highest BCUT2D eigenvalue weighted by Gasteiger charge is 2.15. The van der Waals surface area contributed by atoms with Crippen LogP contribution in [0.4, 0.5) is 0 Å². The second-order valence-corrected chi connectivity index (χ2v) is 6.07. The van der Waals surface area contributed by atoms with Gasteiger partial charge in [0, 0.05) is 32.7 Å². The Kier molecular flexibility index (Phi) is 5.90. The molecule has 0 spiro atoms. The van der Waals surface area contributed by atoms with E-state index in [0.717, 1.165) is 49.8 Å². The predicted octanol–water partition coefficient (Wildman–Crippen LogP) is 2.86. The van der Waals surface area contributed by atoms with Gasteiger partial charge in [-0.25, -0.2) is 0 Å². The van der Waals surface area contributed by atoms with Crippen molar-refractivity contribution in [2.45, 2.75) is 6.54 Å². The lowest BCUT2D eigenvalue weighted by Crippen LogP contribution is -2.43. The van der Waals surface area contributed by atoms with Crippen molar-refractivity contribution in [3.05, 3.63) is 59.7 Å². The molecule has 1 heterocycles. The van der Waals surface area contributed by atoms with E-state index in [1.54, 1.807) is 14.2 Å². The van der Waals surface area contributed by atoms with Crippen molar-refractivity contribution in [2.75, 3.05) is 40.4 Å². The molecule has 0 bridgehead atoms. The second kappa shape index (κ2) is 8.53. The summed E-state index contributed by atoms with van der Waals surface area (Å²) in [5, 5.41) is 6.73. The van der Waals surface area contributed by atoms with Gasteiger partial charge in [0.15, 0.2) is 11.5 Å². The molecule has 132 valence electrons. The molecule has 1 aliphatic heterocycles. The Hall–Kier alpha value is -2.53. The number of benzene rings is 2. The summed E-state index contributed by atoms with van der Waals surface area (Å²) in [5.74, 6) is 1.45. The first kappa shape index (κ1) is 17.3. The maximum Gasteiger partial charge on any atom is 0.161 e. The van der Waals surface area contributed by atoms with E-state index in [1.165, 1.54) is 5.56 Å². The van der Waals surface area contributed by atoms with Crippen molar-refractivity contribution >= 4 is 6.21 Å². The molecule has 0 amide bonds. The summed E-state index contributed by atoms with van der Waals surface area (Å²) in [7, 11) is 3.28. The van der Waals surface area contributed by atoms with Gasteiger partial charge >= 0.3 is 0 Å². The average Bonchev–Trinajstić information content (AvgIpc) is 2.68. The highest BCUT2D eigenvalue weighted by atomic mass is 16.5. The van der Waals surface area contributed by atoms with Crippen LogP contribution in [0, 0.1) is 0 Å². The van der Waals surface area contributed by atoms with Crippen LogP contribution in [0.2, 0.25) is 0 Å². The van der Waals surface area contributed by atoms with Gasteiger partial charge in [0.1, 0.15) is 0 Å². The lowest BCUT2D eigenvalue weighted by molar-refractivity contribution is 0.131. The first-order chi connectivity index (χ1) is 12.3. The third-order valence-corrected chi connectivity index (χ3v) is 4.38. The van der Waals surface area contributed by atoms with Crippen molar-refractivity contribution in [2.24, 2.45) is 5.10 Å². The monoisotopic (exact) mass is 339 g/mol. The SMILES string of the molecule is COc1ccc(/C=N\N2CCN(Cc3ccccc3)CC2)cc1OC. The molecule has 0 N–H and O–H groups in total. The number of ether oxygens (including phenoxy) is 2. The minimum Gasteiger partial charge on any atom is -0.493 e. The molecule has 2 aromatic rings. The van der Waals surface area contributed by atoms with Crippen molar-refractivity contribution in [1.29, 1.82) is 0 Å². The Morgan fingerprint density at radius 1 is 0.920 bits per heavy atom. The first-order valence-electron chi connectivity index (χ1n) is 8.56. The zero-order valence-electron chi connectivity index (χ0n) is 14.9. The molecule has 5 nitrogen and oxygen atoms in total. The van der Waals surface area contributed by atoms with Gasteiger partial charge in [0.25, 0.3) is 0 Å². The largest absolute Gasteiger partial charge is 0.493 e. The summed E-state index contributed by atoms with van der Waals surface area (Å²) in [6, 6.07) is 16.4. The first-order valence-corrected chi connectivity index (χ1v) is 8.56. The van der Waals surface area contributed by atoms with Crippen LogP contribution < -0.4 is 9.47 Å². The summed E-state index contributed by atoms with van der Waals surface area (Å²) in [6.45, 7) is 4.94. The van der Waals surface area contributed by atoms with Crippen molar-refractivity contribution in [1.82, 2.24) is 9.91 Å². The Morgan fingerprint density at radius 3 is 2.32 bits per heavy atom. The Morgan fingerprint density at radius 2 is 1.64 bits per heavy atom. The highest BCUT2D eigenvalue weighted by molar-refractivity contribution is 5.80. The lowest BCUT2D eigenvalue weighted by atomic mass is 10.2. The number of methoxy groups -OCH3 is 2. The maximum atomic E-state index is 5.33. The molecule has 0 radical (unpaired) electrons. The van der Waals surface area contributed by atoms with E-state index < -0.39 is 0 Å². The van der Waals surface area contributed by atoms with Gasteiger partial charge in [-0.05, 0) is 29.3 Å². The molecule has 3 rings (SSSR count). The number of hydrazone groups is 1. The van der Waals surface area contributed by atoms with Crippen molar-refractivity contribution in [3.63, 3.8) is 0 Å². The van der Waals surface area contributed by atoms with Gasteiger partial charge in [-0.2, -0.15) is 5.10 Å². The molecule has 0 aliphatic carbocycles. The fourth-order valence-corrected chi connectivity index (χ4v) is 2.93. The maximum absolute atomic E-state index is 5.33. The van der Waals surface area contributed by atoms with Crippen molar-refractivity contribution < 1.29 is 9.47 Å². The molecule has 0 saturated carbocycles. The van der Waals surface area contributed by atoms with E-state index in [-0.39, 0.29) is 0 Å². The third-order valence-electron chi connectivity index (χ3n) is 4.38. The van der Waals surface area contributed by atoms with Crippen LogP contribution in [-0.4, -0.2) is 56.5 Å². The zero-order chi connectivity index (χ0) is 17.5. The molecule has 0 aromatic heterocycles. The molecule has 2 aromatic carbocycles. The Bertz CT molecular complexity index is 695. The minimum absolute atomic E-state index is 0.721. The van der Waals surface area contributed by atoms with Gasteiger partial charge in [0.2, 0.25) is 0 Å². The standard InChI is InChI=1S/C20H25N3O2/c1-24-19-9-8-18(14-20(19)25-2)15-21-23-12-10-22(11-13-23)16-17-6-4-3-5-7-17/h3-9,14-15H,10-13,16H2,1-2H3/b21-15-. The van der Waals surface area contributed by atoms with Gasteiger partial charge in [-0.3, -0.25) is 9.91 Å². The summed E-state index contributed by atoms with van der Waals surface area (Å²) in [4.78, 5) is 2.47. The second-order valence-electron chi connectivity index (χ2n) is 6.07. The average molecular weight is 339 g/mol. The number of hydrogen-bond acceptors (Lipinski definition) is 5. The van der Waals surface area contributed by atoms with Crippen LogP contribution in [0.3, 0.4) is 0 Å². The van der Waals surface area contributed by atoms with Gasteiger partial charge < -0.3 is 9.47 Å². The summed E-state index contributed by atoms with van der Waals surface area (Å²) in [6.07, 6.45) is 1.88. The van der Waals surface area contributed by atoms with Crippen LogP contribution in [0.5, 0.6) is 11.5 Å². The van der Waals surface area contributed by atoms with E-state index in [2.05, 4.69) is 45.3 Å². The topological polar surface area (TPSA) is 37.3 Å². The summed E-state index contributed by atoms with van der Waals surface area (Å²) in [5.41, 5.74) is 2.37. The number of hydrogen-bond donors (Lipinski definition) is 0.